The van der Waals surface area contributed by atoms with Crippen molar-refractivity contribution in [2.75, 3.05) is 6.54 Å². The monoisotopic (exact) mass is 251 g/mol. The van der Waals surface area contributed by atoms with Crippen LogP contribution >= 0.6 is 0 Å². The van der Waals surface area contributed by atoms with Crippen LogP contribution in [0, 0.1) is 5.82 Å². The van der Waals surface area contributed by atoms with Gasteiger partial charge in [0.15, 0.2) is 0 Å². The maximum Gasteiger partial charge on any atom is 0.335 e. The summed E-state index contributed by atoms with van der Waals surface area (Å²) in [5.74, 6) is -1.35. The van der Waals surface area contributed by atoms with Gasteiger partial charge in [-0.15, -0.1) is 0 Å². The van der Waals surface area contributed by atoms with E-state index in [9.17, 15) is 9.18 Å². The van der Waals surface area contributed by atoms with Crippen LogP contribution in [0.15, 0.2) is 18.2 Å². The van der Waals surface area contributed by atoms with Crippen LogP contribution in [0.25, 0.3) is 0 Å². The van der Waals surface area contributed by atoms with E-state index in [1.807, 2.05) is 0 Å². The van der Waals surface area contributed by atoms with Crippen LogP contribution in [-0.2, 0) is 6.54 Å². The molecule has 18 heavy (non-hydrogen) atoms. The van der Waals surface area contributed by atoms with Gasteiger partial charge >= 0.3 is 5.97 Å². The van der Waals surface area contributed by atoms with Crippen LogP contribution in [0.5, 0.6) is 0 Å². The second kappa shape index (κ2) is 4.69. The van der Waals surface area contributed by atoms with Crippen molar-refractivity contribution in [1.29, 1.82) is 0 Å². The molecule has 1 aromatic carbocycles. The second-order valence-corrected chi connectivity index (χ2v) is 5.45. The van der Waals surface area contributed by atoms with Gasteiger partial charge in [0.2, 0.25) is 0 Å². The summed E-state index contributed by atoms with van der Waals surface area (Å²) in [5.41, 5.74) is 0.666. The molecule has 0 saturated carbocycles. The molecule has 1 aliphatic rings. The first-order valence-corrected chi connectivity index (χ1v) is 6.17. The van der Waals surface area contributed by atoms with Gasteiger partial charge in [-0.05, 0) is 51.4 Å². The molecule has 0 unspecified atom stereocenters. The summed E-state index contributed by atoms with van der Waals surface area (Å²) in [6, 6.07) is 3.98. The first-order chi connectivity index (χ1) is 8.40. The summed E-state index contributed by atoms with van der Waals surface area (Å²) in [5, 5.41) is 8.93. The van der Waals surface area contributed by atoms with E-state index in [0.717, 1.165) is 19.4 Å². The summed E-state index contributed by atoms with van der Waals surface area (Å²) < 4.78 is 13.7. The molecule has 0 bridgehead atoms. The lowest BCUT2D eigenvalue weighted by Gasteiger charge is -2.31. The number of hydrogen-bond acceptors (Lipinski definition) is 2. The van der Waals surface area contributed by atoms with Gasteiger partial charge in [0.05, 0.1) is 5.56 Å². The van der Waals surface area contributed by atoms with Crippen molar-refractivity contribution in [3.8, 4) is 0 Å². The fourth-order valence-electron chi connectivity index (χ4n) is 2.49. The fraction of sp³-hybridized carbons (Fsp3) is 0.500. The number of benzene rings is 1. The topological polar surface area (TPSA) is 40.5 Å². The minimum Gasteiger partial charge on any atom is -0.478 e. The number of aromatic carboxylic acids is 1. The summed E-state index contributed by atoms with van der Waals surface area (Å²) >= 11 is 0. The molecule has 4 heteroatoms. The highest BCUT2D eigenvalue weighted by Crippen LogP contribution is 2.30. The lowest BCUT2D eigenvalue weighted by atomic mass is 10.0. The molecule has 0 amide bonds. The van der Waals surface area contributed by atoms with E-state index < -0.39 is 5.97 Å². The van der Waals surface area contributed by atoms with Gasteiger partial charge in [-0.1, -0.05) is 0 Å². The average Bonchev–Trinajstić information content (AvgIpc) is 2.61. The summed E-state index contributed by atoms with van der Waals surface area (Å²) in [6.07, 6.45) is 2.19. The molecule has 0 aromatic heterocycles. The molecule has 1 N–H and O–H groups in total. The molecule has 98 valence electrons. The third kappa shape index (κ3) is 2.53. The lowest BCUT2D eigenvalue weighted by molar-refractivity contribution is 0.0696. The van der Waals surface area contributed by atoms with E-state index in [1.165, 1.54) is 18.2 Å². The molecule has 1 aromatic rings. The number of carbonyl (C=O) groups is 1. The minimum atomic E-state index is -1.02. The zero-order valence-corrected chi connectivity index (χ0v) is 10.7. The van der Waals surface area contributed by atoms with Gasteiger partial charge in [-0.3, -0.25) is 4.90 Å². The fourth-order valence-corrected chi connectivity index (χ4v) is 2.49. The molecule has 0 radical (unpaired) electrons. The van der Waals surface area contributed by atoms with E-state index in [1.54, 1.807) is 0 Å². The quantitative estimate of drug-likeness (QED) is 0.898. The Kier molecular flexibility index (Phi) is 3.39. The van der Waals surface area contributed by atoms with Gasteiger partial charge in [-0.2, -0.15) is 0 Å². The van der Waals surface area contributed by atoms with Gasteiger partial charge in [0.1, 0.15) is 5.82 Å². The van der Waals surface area contributed by atoms with Crippen molar-refractivity contribution < 1.29 is 14.3 Å². The van der Waals surface area contributed by atoms with Crippen LogP contribution < -0.4 is 0 Å². The smallest absolute Gasteiger partial charge is 0.335 e. The number of rotatable bonds is 3. The first kappa shape index (κ1) is 13.0. The zero-order chi connectivity index (χ0) is 13.3. The van der Waals surface area contributed by atoms with E-state index in [0.29, 0.717) is 12.1 Å². The predicted octanol–water partition coefficient (Wildman–Crippen LogP) is 2.90. The molecule has 1 saturated heterocycles. The zero-order valence-electron chi connectivity index (χ0n) is 10.7. The van der Waals surface area contributed by atoms with Crippen LogP contribution in [-0.4, -0.2) is 28.1 Å². The Morgan fingerprint density at radius 1 is 1.50 bits per heavy atom. The average molecular weight is 251 g/mol. The number of halogens is 1. The van der Waals surface area contributed by atoms with Gasteiger partial charge in [-0.25, -0.2) is 9.18 Å². The predicted molar refractivity (Wildman–Crippen MR) is 67.1 cm³/mol. The third-order valence-electron chi connectivity index (χ3n) is 3.73. The molecule has 1 aliphatic heterocycles. The molecule has 2 rings (SSSR count). The van der Waals surface area contributed by atoms with E-state index in [2.05, 4.69) is 18.7 Å². The van der Waals surface area contributed by atoms with E-state index in [-0.39, 0.29) is 16.9 Å². The molecular formula is C14H18FNO2. The number of likely N-dealkylation sites (tertiary alicyclic amines) is 1. The third-order valence-corrected chi connectivity index (χ3v) is 3.73. The normalized spacial score (nSPS) is 19.1. The van der Waals surface area contributed by atoms with Crippen LogP contribution in [0.2, 0.25) is 0 Å². The largest absolute Gasteiger partial charge is 0.478 e. The molecule has 1 fully saturated rings. The first-order valence-electron chi connectivity index (χ1n) is 6.17. The number of carboxylic acid groups (broad SMARTS) is 1. The SMILES string of the molecule is CC1(C)CCCN1Cc1cc(C(=O)O)ccc1F. The van der Waals surface area contributed by atoms with Gasteiger partial charge in [0, 0.05) is 17.6 Å². The lowest BCUT2D eigenvalue weighted by Crippen LogP contribution is -2.37. The molecule has 3 nitrogen and oxygen atoms in total. The highest BCUT2D eigenvalue weighted by atomic mass is 19.1. The second-order valence-electron chi connectivity index (χ2n) is 5.45. The Bertz CT molecular complexity index is 471. The molecule has 0 aliphatic carbocycles. The van der Waals surface area contributed by atoms with Crippen molar-refractivity contribution in [2.24, 2.45) is 0 Å². The van der Waals surface area contributed by atoms with E-state index >= 15 is 0 Å². The Balaban J connectivity index is 2.23. The summed E-state index contributed by atoms with van der Waals surface area (Å²) in [7, 11) is 0. The van der Waals surface area contributed by atoms with E-state index in [4.69, 9.17) is 5.11 Å². The summed E-state index contributed by atoms with van der Waals surface area (Å²) in [4.78, 5) is 13.1. The Hall–Kier alpha value is -1.42. The van der Waals surface area contributed by atoms with Crippen molar-refractivity contribution in [2.45, 2.75) is 38.8 Å². The Morgan fingerprint density at radius 2 is 2.22 bits per heavy atom. The molecular weight excluding hydrogens is 233 g/mol. The highest BCUT2D eigenvalue weighted by Gasteiger charge is 2.32. The molecule has 0 atom stereocenters. The van der Waals surface area contributed by atoms with Crippen molar-refractivity contribution in [1.82, 2.24) is 4.90 Å². The highest BCUT2D eigenvalue weighted by molar-refractivity contribution is 5.87. The Labute approximate surface area is 106 Å². The number of carboxylic acids is 1. The molecule has 1 heterocycles. The van der Waals surface area contributed by atoms with Crippen LogP contribution in [0.3, 0.4) is 0 Å². The maximum atomic E-state index is 13.7. The van der Waals surface area contributed by atoms with Crippen LogP contribution in [0.4, 0.5) is 4.39 Å². The standard InChI is InChI=1S/C14H18FNO2/c1-14(2)6-3-7-16(14)9-11-8-10(13(17)18)4-5-12(11)15/h4-5,8H,3,6-7,9H2,1-2H3,(H,17,18). The van der Waals surface area contributed by atoms with Crippen molar-refractivity contribution in [3.05, 3.63) is 35.1 Å². The van der Waals surface area contributed by atoms with Gasteiger partial charge < -0.3 is 5.11 Å². The maximum absolute atomic E-state index is 13.7. The van der Waals surface area contributed by atoms with Crippen molar-refractivity contribution in [3.63, 3.8) is 0 Å². The van der Waals surface area contributed by atoms with Gasteiger partial charge in [0.25, 0.3) is 0 Å². The minimum absolute atomic E-state index is 0.0612. The Morgan fingerprint density at radius 3 is 2.78 bits per heavy atom. The number of hydrogen-bond donors (Lipinski definition) is 1. The summed E-state index contributed by atoms with van der Waals surface area (Å²) in [6.45, 7) is 5.68. The van der Waals surface area contributed by atoms with Crippen LogP contribution in [0.1, 0.15) is 42.6 Å². The number of nitrogens with zero attached hydrogens (tertiary/aromatic N) is 1. The molecule has 0 spiro atoms. The van der Waals surface area contributed by atoms with Crippen molar-refractivity contribution >= 4 is 5.97 Å².